The molecule has 0 saturated carbocycles. The van der Waals surface area contributed by atoms with Crippen LogP contribution in [0.3, 0.4) is 0 Å². The highest BCUT2D eigenvalue weighted by molar-refractivity contribution is 5.98. The van der Waals surface area contributed by atoms with Gasteiger partial charge in [0, 0.05) is 31.2 Å². The molecule has 6 heteroatoms. The summed E-state index contributed by atoms with van der Waals surface area (Å²) in [4.78, 5) is 21.7. The normalized spacial score (nSPS) is 22.0. The van der Waals surface area contributed by atoms with Crippen LogP contribution in [-0.4, -0.2) is 59.1 Å². The Morgan fingerprint density at radius 2 is 2.07 bits per heavy atom. The maximum atomic E-state index is 12.7. The van der Waals surface area contributed by atoms with Gasteiger partial charge in [0.05, 0.1) is 37.1 Å². The van der Waals surface area contributed by atoms with Crippen LogP contribution in [0.4, 0.5) is 0 Å². The highest BCUT2D eigenvalue weighted by Crippen LogP contribution is 2.34. The average Bonchev–Trinajstić information content (AvgIpc) is 2.99. The van der Waals surface area contributed by atoms with Gasteiger partial charge in [-0.1, -0.05) is 11.6 Å². The Balaban J connectivity index is 1.49. The topological polar surface area (TPSA) is 54.9 Å². The van der Waals surface area contributed by atoms with Gasteiger partial charge in [0.15, 0.2) is 0 Å². The molecule has 3 aliphatic rings. The Hall–Kier alpha value is -1.92. The molecule has 1 saturated heterocycles. The molecule has 28 heavy (non-hydrogen) atoms. The van der Waals surface area contributed by atoms with E-state index >= 15 is 0 Å². The van der Waals surface area contributed by atoms with E-state index in [9.17, 15) is 4.79 Å². The Kier molecular flexibility index (Phi) is 5.19. The molecule has 0 aromatic carbocycles. The van der Waals surface area contributed by atoms with Crippen molar-refractivity contribution in [1.82, 2.24) is 14.8 Å². The first-order valence-corrected chi connectivity index (χ1v) is 10.3. The standard InChI is InChI=1S/C22H31N3O3/c1-15(2)25-14-19-18(21(25)26)11-17(20(23-19)27-4)13-24-8-6-22(7-9-24)12-16(3)5-10-28-22/h11-12,15H,5-10,13-14H2,1-4H3. The quantitative estimate of drug-likeness (QED) is 0.745. The first-order chi connectivity index (χ1) is 13.4. The molecule has 1 aromatic heterocycles. The first kappa shape index (κ1) is 19.4. The molecule has 3 aliphatic heterocycles. The number of likely N-dealkylation sites (tertiary alicyclic amines) is 1. The number of pyridine rings is 1. The van der Waals surface area contributed by atoms with Crippen LogP contribution in [0.25, 0.3) is 0 Å². The van der Waals surface area contributed by atoms with Crippen LogP contribution in [0.15, 0.2) is 17.7 Å². The zero-order valence-electron chi connectivity index (χ0n) is 17.5. The molecule has 1 amide bonds. The summed E-state index contributed by atoms with van der Waals surface area (Å²) < 4.78 is 11.7. The van der Waals surface area contributed by atoms with Crippen molar-refractivity contribution < 1.29 is 14.3 Å². The summed E-state index contributed by atoms with van der Waals surface area (Å²) >= 11 is 0. The maximum absolute atomic E-state index is 12.7. The van der Waals surface area contributed by atoms with Gasteiger partial charge in [-0.2, -0.15) is 0 Å². The molecule has 6 nitrogen and oxygen atoms in total. The zero-order chi connectivity index (χ0) is 19.9. The second-order valence-electron chi connectivity index (χ2n) is 8.61. The lowest BCUT2D eigenvalue weighted by atomic mass is 9.87. The zero-order valence-corrected chi connectivity index (χ0v) is 17.5. The number of rotatable bonds is 4. The number of ether oxygens (including phenoxy) is 2. The predicted molar refractivity (Wildman–Crippen MR) is 107 cm³/mol. The molecular weight excluding hydrogens is 354 g/mol. The van der Waals surface area contributed by atoms with Crippen LogP contribution in [0.5, 0.6) is 5.88 Å². The number of piperidine rings is 1. The largest absolute Gasteiger partial charge is 0.481 e. The molecule has 4 heterocycles. The van der Waals surface area contributed by atoms with Crippen molar-refractivity contribution >= 4 is 5.91 Å². The molecule has 4 rings (SSSR count). The molecule has 0 aliphatic carbocycles. The monoisotopic (exact) mass is 385 g/mol. The summed E-state index contributed by atoms with van der Waals surface area (Å²) in [7, 11) is 1.66. The molecule has 0 radical (unpaired) electrons. The fourth-order valence-corrected chi connectivity index (χ4v) is 4.57. The number of aromatic nitrogens is 1. The van der Waals surface area contributed by atoms with Crippen molar-refractivity contribution in [3.8, 4) is 5.88 Å². The van der Waals surface area contributed by atoms with Crippen molar-refractivity contribution in [2.75, 3.05) is 26.8 Å². The smallest absolute Gasteiger partial charge is 0.256 e. The summed E-state index contributed by atoms with van der Waals surface area (Å²) in [6, 6.07) is 2.17. The highest BCUT2D eigenvalue weighted by Gasteiger charge is 2.36. The minimum absolute atomic E-state index is 0.0766. The molecule has 1 fully saturated rings. The molecule has 0 unspecified atom stereocenters. The summed E-state index contributed by atoms with van der Waals surface area (Å²) in [6.45, 7) is 10.4. The number of hydrogen-bond donors (Lipinski definition) is 0. The van der Waals surface area contributed by atoms with Crippen LogP contribution in [0.1, 0.15) is 61.6 Å². The van der Waals surface area contributed by atoms with Crippen molar-refractivity contribution in [2.45, 2.75) is 64.8 Å². The lowest BCUT2D eigenvalue weighted by molar-refractivity contribution is -0.0577. The molecule has 0 N–H and O–H groups in total. The second kappa shape index (κ2) is 7.48. The van der Waals surface area contributed by atoms with Gasteiger partial charge in [-0.25, -0.2) is 4.98 Å². The number of amides is 1. The van der Waals surface area contributed by atoms with Crippen LogP contribution in [-0.2, 0) is 17.8 Å². The SMILES string of the molecule is COc1nc2c(cc1CN1CCC3(C=C(C)CCO3)CC1)C(=O)N(C(C)C)C2. The van der Waals surface area contributed by atoms with Crippen LogP contribution < -0.4 is 4.74 Å². The lowest BCUT2D eigenvalue weighted by Gasteiger charge is -2.42. The molecule has 0 bridgehead atoms. The fraction of sp³-hybridized carbons (Fsp3) is 0.636. The van der Waals surface area contributed by atoms with Crippen LogP contribution in [0.2, 0.25) is 0 Å². The number of fused-ring (bicyclic) bond motifs is 1. The van der Waals surface area contributed by atoms with Crippen LogP contribution in [0, 0.1) is 0 Å². The molecular formula is C22H31N3O3. The van der Waals surface area contributed by atoms with E-state index in [0.29, 0.717) is 12.4 Å². The van der Waals surface area contributed by atoms with E-state index in [4.69, 9.17) is 9.47 Å². The third-order valence-corrected chi connectivity index (χ3v) is 6.26. The minimum Gasteiger partial charge on any atom is -0.481 e. The Bertz CT molecular complexity index is 794. The number of carbonyl (C=O) groups is 1. The molecule has 1 spiro atoms. The van der Waals surface area contributed by atoms with Gasteiger partial charge in [-0.15, -0.1) is 0 Å². The van der Waals surface area contributed by atoms with Gasteiger partial charge in [-0.05, 0) is 46.1 Å². The van der Waals surface area contributed by atoms with E-state index in [1.807, 2.05) is 24.8 Å². The Labute approximate surface area is 167 Å². The Morgan fingerprint density at radius 3 is 2.71 bits per heavy atom. The third-order valence-electron chi connectivity index (χ3n) is 6.26. The molecule has 152 valence electrons. The number of methoxy groups -OCH3 is 1. The average molecular weight is 386 g/mol. The summed E-state index contributed by atoms with van der Waals surface area (Å²) in [6.07, 6.45) is 5.39. The third kappa shape index (κ3) is 3.55. The summed E-state index contributed by atoms with van der Waals surface area (Å²) in [5, 5.41) is 0. The summed E-state index contributed by atoms with van der Waals surface area (Å²) in [5.74, 6) is 0.720. The van der Waals surface area contributed by atoms with Gasteiger partial charge in [0.25, 0.3) is 5.91 Å². The van der Waals surface area contributed by atoms with E-state index in [1.165, 1.54) is 5.57 Å². The summed E-state index contributed by atoms with van der Waals surface area (Å²) in [5.41, 5.74) is 3.91. The maximum Gasteiger partial charge on any atom is 0.256 e. The van der Waals surface area contributed by atoms with Crippen molar-refractivity contribution in [2.24, 2.45) is 0 Å². The van der Waals surface area contributed by atoms with Crippen molar-refractivity contribution in [3.63, 3.8) is 0 Å². The van der Waals surface area contributed by atoms with E-state index in [1.54, 1.807) is 7.11 Å². The second-order valence-corrected chi connectivity index (χ2v) is 8.61. The van der Waals surface area contributed by atoms with Gasteiger partial charge >= 0.3 is 0 Å². The lowest BCUT2D eigenvalue weighted by Crippen LogP contribution is -2.46. The van der Waals surface area contributed by atoms with Crippen molar-refractivity contribution in [3.05, 3.63) is 34.5 Å². The fourth-order valence-electron chi connectivity index (χ4n) is 4.57. The number of nitrogens with zero attached hydrogens (tertiary/aromatic N) is 3. The van der Waals surface area contributed by atoms with Gasteiger partial charge in [-0.3, -0.25) is 9.69 Å². The van der Waals surface area contributed by atoms with Gasteiger partial charge in [0.1, 0.15) is 0 Å². The van der Waals surface area contributed by atoms with Gasteiger partial charge < -0.3 is 14.4 Å². The number of hydrogen-bond acceptors (Lipinski definition) is 5. The van der Waals surface area contributed by atoms with E-state index in [0.717, 1.165) is 62.3 Å². The minimum atomic E-state index is -0.0766. The number of carbonyl (C=O) groups excluding carboxylic acids is 1. The van der Waals surface area contributed by atoms with Crippen molar-refractivity contribution in [1.29, 1.82) is 0 Å². The molecule has 0 atom stereocenters. The predicted octanol–water partition coefficient (Wildman–Crippen LogP) is 3.16. The van der Waals surface area contributed by atoms with E-state index < -0.39 is 0 Å². The van der Waals surface area contributed by atoms with E-state index in [2.05, 4.69) is 22.9 Å². The Morgan fingerprint density at radius 1 is 1.32 bits per heavy atom. The van der Waals surface area contributed by atoms with E-state index in [-0.39, 0.29) is 17.6 Å². The highest BCUT2D eigenvalue weighted by atomic mass is 16.5. The van der Waals surface area contributed by atoms with Crippen LogP contribution >= 0.6 is 0 Å². The molecule has 1 aromatic rings. The first-order valence-electron chi connectivity index (χ1n) is 10.3. The van der Waals surface area contributed by atoms with Gasteiger partial charge in [0.2, 0.25) is 5.88 Å².